The number of nitrogens with two attached hydrogens (primary N) is 1. The van der Waals surface area contributed by atoms with Crippen molar-refractivity contribution >= 4 is 13.9 Å². The van der Waals surface area contributed by atoms with Gasteiger partial charge in [-0.2, -0.15) is 0 Å². The molecule has 0 aromatic rings. The molecule has 0 aliphatic carbocycles. The van der Waals surface area contributed by atoms with Crippen LogP contribution in [0.2, 0.25) is 0 Å². The summed E-state index contributed by atoms with van der Waals surface area (Å²) in [5, 5.41) is 7.19. The first-order valence-electron chi connectivity index (χ1n) is 1.46. The minimum atomic E-state index is -5.14. The first-order chi connectivity index (χ1) is 3.73. The molecule has 0 unspecified atom stereocenters. The van der Waals surface area contributed by atoms with E-state index in [0.717, 1.165) is 0 Å². The van der Waals surface area contributed by atoms with Gasteiger partial charge in [0.15, 0.2) is 0 Å². The van der Waals surface area contributed by atoms with Crippen LogP contribution in [0, 0.1) is 0 Å². The normalized spacial score (nSPS) is 7.55. The molecule has 0 atom stereocenters. The minimum Gasteiger partial charge on any atom is -0.790 e. The van der Waals surface area contributed by atoms with Crippen LogP contribution >= 0.6 is 7.82 Å². The van der Waals surface area contributed by atoms with Gasteiger partial charge in [0.2, 0.25) is 0 Å². The predicted octanol–water partition coefficient (Wildman–Crippen LogP) is -8.56. The van der Waals surface area contributed by atoms with E-state index in [0.29, 0.717) is 0 Å². The summed E-state index contributed by atoms with van der Waals surface area (Å²) in [5.41, 5.74) is 4.03. The largest absolute Gasteiger partial charge is 1.00 e. The number of primary amides is 1. The summed E-state index contributed by atoms with van der Waals surface area (Å²) in [7, 11) is -5.14. The number of hydrogen-bond donors (Lipinski definition) is 3. The van der Waals surface area contributed by atoms with Crippen LogP contribution in [0.25, 0.3) is 0 Å². The topological polar surface area (TPSA) is 147 Å². The fourth-order valence-electron chi connectivity index (χ4n) is 0. The van der Waals surface area contributed by atoms with Gasteiger partial charge in [0.05, 0.1) is 7.82 Å². The Balaban J connectivity index is -0.0000000383. The molecular formula is CH4NNa2O6P. The van der Waals surface area contributed by atoms with Crippen LogP contribution in [0.5, 0.6) is 0 Å². The molecular weight excluding hydrogens is 199 g/mol. The molecule has 0 radical (unpaired) electrons. The fraction of sp³-hybridized carbons (Fsp3) is 0. The van der Waals surface area contributed by atoms with Gasteiger partial charge < -0.3 is 30.1 Å². The zero-order valence-corrected chi connectivity index (χ0v) is 10.9. The Morgan fingerprint density at radius 3 is 1.36 bits per heavy atom. The van der Waals surface area contributed by atoms with Gasteiger partial charge in [-0.3, -0.25) is 0 Å². The van der Waals surface area contributed by atoms with Crippen LogP contribution in [0.1, 0.15) is 0 Å². The maximum Gasteiger partial charge on any atom is 1.00 e. The van der Waals surface area contributed by atoms with Gasteiger partial charge in [-0.25, -0.2) is 4.79 Å². The van der Waals surface area contributed by atoms with E-state index in [1.54, 1.807) is 0 Å². The van der Waals surface area contributed by atoms with Gasteiger partial charge in [0, 0.05) is 0 Å². The van der Waals surface area contributed by atoms with Gasteiger partial charge in [-0.05, 0) is 0 Å². The minimum absolute atomic E-state index is 0. The summed E-state index contributed by atoms with van der Waals surface area (Å²) in [5.74, 6) is 0. The monoisotopic (exact) mass is 203 g/mol. The van der Waals surface area contributed by atoms with Crippen molar-refractivity contribution in [2.45, 2.75) is 0 Å². The second-order valence-corrected chi connectivity index (χ2v) is 1.74. The van der Waals surface area contributed by atoms with E-state index in [2.05, 4.69) is 5.73 Å². The van der Waals surface area contributed by atoms with Crippen molar-refractivity contribution in [2.75, 3.05) is 0 Å². The molecule has 0 saturated heterocycles. The van der Waals surface area contributed by atoms with Crippen molar-refractivity contribution in [1.29, 1.82) is 0 Å². The number of carbonyl (C=O) groups is 1. The molecule has 0 aliphatic rings. The van der Waals surface area contributed by atoms with Crippen LogP contribution in [-0.4, -0.2) is 16.1 Å². The van der Waals surface area contributed by atoms with Crippen molar-refractivity contribution in [3.63, 3.8) is 0 Å². The van der Waals surface area contributed by atoms with Gasteiger partial charge >= 0.3 is 65.2 Å². The van der Waals surface area contributed by atoms with Gasteiger partial charge in [0.25, 0.3) is 0 Å². The van der Waals surface area contributed by atoms with Crippen LogP contribution in [0.15, 0.2) is 0 Å². The van der Waals surface area contributed by atoms with Crippen molar-refractivity contribution in [3.05, 3.63) is 0 Å². The third kappa shape index (κ3) is 526. The molecule has 56 valence electrons. The van der Waals surface area contributed by atoms with E-state index in [9.17, 15) is 0 Å². The first kappa shape index (κ1) is 22.8. The molecule has 0 fully saturated rings. The summed E-state index contributed by atoms with van der Waals surface area (Å²) >= 11 is 0. The fourth-order valence-corrected chi connectivity index (χ4v) is 0. The molecule has 4 N–H and O–H groups in total. The zero-order chi connectivity index (χ0) is 8.08. The first-order valence-corrected chi connectivity index (χ1v) is 2.96. The average molecular weight is 203 g/mol. The van der Waals surface area contributed by atoms with Crippen LogP contribution in [-0.2, 0) is 4.57 Å². The predicted molar refractivity (Wildman–Crippen MR) is 22.0 cm³/mol. The third-order valence-electron chi connectivity index (χ3n) is 0. The van der Waals surface area contributed by atoms with Crippen molar-refractivity contribution in [1.82, 2.24) is 0 Å². The standard InChI is InChI=1S/CH3NO2.2Na.H3O4P/c2-1(3)4;;;1-5(2,3)4/h2H2,(H,3,4);;;(H3,1,2,3,4)/q;2*+1;/p-2. The van der Waals surface area contributed by atoms with E-state index in [4.69, 9.17) is 29.1 Å². The number of phosphoric acid groups is 1. The quantitative estimate of drug-likeness (QED) is 0.263. The van der Waals surface area contributed by atoms with E-state index in [1.165, 1.54) is 0 Å². The molecule has 10 heteroatoms. The summed E-state index contributed by atoms with van der Waals surface area (Å²) in [4.78, 5) is 33.1. The van der Waals surface area contributed by atoms with E-state index >= 15 is 0 Å². The van der Waals surface area contributed by atoms with Gasteiger partial charge in [-0.15, -0.1) is 0 Å². The van der Waals surface area contributed by atoms with E-state index in [1.807, 2.05) is 0 Å². The summed E-state index contributed by atoms with van der Waals surface area (Å²) in [6.07, 6.45) is -1.33. The Labute approximate surface area is 107 Å². The Hall–Kier alpha value is 1.38. The van der Waals surface area contributed by atoms with Gasteiger partial charge in [-0.1, -0.05) is 0 Å². The second-order valence-electron chi connectivity index (χ2n) is 0.807. The Morgan fingerprint density at radius 2 is 1.36 bits per heavy atom. The number of hydrogen-bond acceptors (Lipinski definition) is 4. The summed E-state index contributed by atoms with van der Waals surface area (Å²) in [6.45, 7) is 0. The summed E-state index contributed by atoms with van der Waals surface area (Å²) < 4.78 is 8.66. The van der Waals surface area contributed by atoms with Crippen molar-refractivity contribution < 1.29 is 88.3 Å². The molecule has 0 saturated carbocycles. The molecule has 0 bridgehead atoms. The van der Waals surface area contributed by atoms with Crippen molar-refractivity contribution in [2.24, 2.45) is 5.73 Å². The smallest absolute Gasteiger partial charge is 0.790 e. The molecule has 0 rings (SSSR count). The summed E-state index contributed by atoms with van der Waals surface area (Å²) in [6, 6.07) is 0. The SMILES string of the molecule is NC(=O)O.O=P([O-])([O-])O.[Na+].[Na+]. The molecule has 7 nitrogen and oxygen atoms in total. The number of carboxylic acid groups (broad SMARTS) is 1. The van der Waals surface area contributed by atoms with Crippen LogP contribution < -0.4 is 74.6 Å². The maximum absolute atomic E-state index is 8.78. The second kappa shape index (κ2) is 11.4. The molecule has 0 aromatic carbocycles. The molecule has 0 spiro atoms. The maximum atomic E-state index is 8.78. The number of amides is 1. The Bertz CT molecular complexity index is 120. The molecule has 0 aliphatic heterocycles. The molecule has 0 heterocycles. The zero-order valence-electron chi connectivity index (χ0n) is 6.05. The molecule has 11 heavy (non-hydrogen) atoms. The van der Waals surface area contributed by atoms with Gasteiger partial charge in [0.1, 0.15) is 0 Å². The van der Waals surface area contributed by atoms with E-state index < -0.39 is 13.9 Å². The van der Waals surface area contributed by atoms with Crippen LogP contribution in [0.4, 0.5) is 4.79 Å². The van der Waals surface area contributed by atoms with Crippen molar-refractivity contribution in [3.8, 4) is 0 Å². The average Bonchev–Trinajstić information content (AvgIpc) is 1.19. The Kier molecular flexibility index (Phi) is 23.6. The molecule has 1 amide bonds. The van der Waals surface area contributed by atoms with E-state index in [-0.39, 0.29) is 59.1 Å². The van der Waals surface area contributed by atoms with Crippen LogP contribution in [0.3, 0.4) is 0 Å². The molecule has 0 aromatic heterocycles. The number of rotatable bonds is 0. The Morgan fingerprint density at radius 1 is 1.36 bits per heavy atom. The third-order valence-corrected chi connectivity index (χ3v) is 0.